The lowest BCUT2D eigenvalue weighted by Crippen LogP contribution is -2.07. The van der Waals surface area contributed by atoms with E-state index in [0.29, 0.717) is 17.3 Å². The number of carbonyl (C=O) groups is 1. The van der Waals surface area contributed by atoms with Crippen molar-refractivity contribution >= 4 is 40.2 Å². The molecule has 0 saturated heterocycles. The predicted octanol–water partition coefficient (Wildman–Crippen LogP) is 4.30. The van der Waals surface area contributed by atoms with Crippen molar-refractivity contribution < 1.29 is 23.0 Å². The smallest absolute Gasteiger partial charge is 0.387 e. The minimum absolute atomic E-state index is 0.0572. The molecular weight excluding hydrogens is 384 g/mol. The van der Waals surface area contributed by atoms with Crippen LogP contribution in [0.15, 0.2) is 28.6 Å². The number of amides is 1. The van der Waals surface area contributed by atoms with E-state index in [2.05, 4.69) is 20.3 Å². The number of anilines is 1. The average Bonchev–Trinajstić information content (AvgIpc) is 3.02. The van der Waals surface area contributed by atoms with E-state index in [4.69, 9.17) is 4.74 Å². The predicted molar refractivity (Wildman–Crippen MR) is 98.2 cm³/mol. The van der Waals surface area contributed by atoms with Crippen LogP contribution in [0, 0.1) is 0 Å². The summed E-state index contributed by atoms with van der Waals surface area (Å²) in [5.74, 6) is 0.620. The van der Waals surface area contributed by atoms with Gasteiger partial charge in [0.2, 0.25) is 11.0 Å². The highest BCUT2D eigenvalue weighted by Gasteiger charge is 2.11. The van der Waals surface area contributed by atoms with Crippen LogP contribution >= 0.6 is 23.1 Å². The third-order valence-corrected chi connectivity index (χ3v) is 4.67. The fourth-order valence-electron chi connectivity index (χ4n) is 1.85. The number of aromatic nitrogens is 2. The summed E-state index contributed by atoms with van der Waals surface area (Å²) < 4.78 is 35.3. The van der Waals surface area contributed by atoms with Gasteiger partial charge in [0.15, 0.2) is 15.8 Å². The summed E-state index contributed by atoms with van der Waals surface area (Å²) in [6.07, 6.45) is 2.85. The molecule has 2 aromatic rings. The van der Waals surface area contributed by atoms with Crippen LogP contribution in [-0.4, -0.2) is 35.1 Å². The second-order valence-electron chi connectivity index (χ2n) is 4.65. The van der Waals surface area contributed by atoms with Crippen LogP contribution in [0.5, 0.6) is 11.5 Å². The maximum absolute atomic E-state index is 12.4. The minimum Gasteiger partial charge on any atom is -0.490 e. The lowest BCUT2D eigenvalue weighted by molar-refractivity contribution is -0.111. The third kappa shape index (κ3) is 6.26. The molecule has 0 radical (unpaired) electrons. The SMILES string of the molecule is CCOc1cc(/C=C/C(=O)Nc2nnc(SCC)s2)ccc1OC(F)F. The zero-order valence-electron chi connectivity index (χ0n) is 14.1. The Labute approximate surface area is 157 Å². The van der Waals surface area contributed by atoms with Crippen LogP contribution in [0.4, 0.5) is 13.9 Å². The number of hydrogen-bond donors (Lipinski definition) is 1. The monoisotopic (exact) mass is 401 g/mol. The summed E-state index contributed by atoms with van der Waals surface area (Å²) in [5.41, 5.74) is 0.602. The highest BCUT2D eigenvalue weighted by Crippen LogP contribution is 2.30. The number of benzene rings is 1. The summed E-state index contributed by atoms with van der Waals surface area (Å²) in [7, 11) is 0. The van der Waals surface area contributed by atoms with Crippen LogP contribution in [0.2, 0.25) is 0 Å². The second-order valence-corrected chi connectivity index (χ2v) is 7.14. The first kappa shape index (κ1) is 20.1. The molecule has 10 heteroatoms. The van der Waals surface area contributed by atoms with Gasteiger partial charge in [-0.1, -0.05) is 36.1 Å². The van der Waals surface area contributed by atoms with Crippen molar-refractivity contribution in [3.63, 3.8) is 0 Å². The molecule has 0 saturated carbocycles. The van der Waals surface area contributed by atoms with E-state index in [1.165, 1.54) is 35.6 Å². The minimum atomic E-state index is -2.94. The number of thioether (sulfide) groups is 1. The quantitative estimate of drug-likeness (QED) is 0.384. The first-order chi connectivity index (χ1) is 12.5. The van der Waals surface area contributed by atoms with Gasteiger partial charge >= 0.3 is 6.61 Å². The molecule has 140 valence electrons. The summed E-state index contributed by atoms with van der Waals surface area (Å²) in [5, 5.41) is 10.9. The second kappa shape index (κ2) is 10.1. The Bertz CT molecular complexity index is 769. The molecule has 0 unspecified atom stereocenters. The molecule has 1 N–H and O–H groups in total. The van der Waals surface area contributed by atoms with E-state index in [9.17, 15) is 13.6 Å². The topological polar surface area (TPSA) is 73.3 Å². The third-order valence-electron chi connectivity index (χ3n) is 2.82. The molecule has 0 aliphatic rings. The standard InChI is InChI=1S/C16H17F2N3O3S2/c1-3-23-12-9-10(5-7-11(12)24-14(17)18)6-8-13(22)19-15-20-21-16(26-15)25-4-2/h5-9,14H,3-4H2,1-2H3,(H,19,20,22)/b8-6+. The molecule has 6 nitrogen and oxygen atoms in total. The lowest BCUT2D eigenvalue weighted by Gasteiger charge is -2.11. The molecule has 0 fully saturated rings. The number of carbonyl (C=O) groups excluding carboxylic acids is 1. The normalized spacial score (nSPS) is 11.1. The fraction of sp³-hybridized carbons (Fsp3) is 0.312. The van der Waals surface area contributed by atoms with Gasteiger partial charge in [0.25, 0.3) is 0 Å². The van der Waals surface area contributed by atoms with Crippen molar-refractivity contribution in [2.45, 2.75) is 24.8 Å². The average molecular weight is 401 g/mol. The van der Waals surface area contributed by atoms with Gasteiger partial charge in [-0.05, 0) is 36.4 Å². The molecular formula is C16H17F2N3O3S2. The summed E-state index contributed by atoms with van der Waals surface area (Å²) in [6.45, 7) is 1.09. The van der Waals surface area contributed by atoms with E-state index >= 15 is 0 Å². The molecule has 1 heterocycles. The molecule has 0 aliphatic carbocycles. The van der Waals surface area contributed by atoms with Gasteiger partial charge in [0.1, 0.15) is 0 Å². The van der Waals surface area contributed by atoms with Gasteiger partial charge < -0.3 is 9.47 Å². The van der Waals surface area contributed by atoms with Crippen LogP contribution in [0.3, 0.4) is 0 Å². The molecule has 26 heavy (non-hydrogen) atoms. The summed E-state index contributed by atoms with van der Waals surface area (Å²) in [4.78, 5) is 12.0. The first-order valence-corrected chi connectivity index (χ1v) is 9.49. The molecule has 2 rings (SSSR count). The van der Waals surface area contributed by atoms with E-state index < -0.39 is 6.61 Å². The maximum atomic E-state index is 12.4. The Kier molecular flexibility index (Phi) is 7.79. The number of nitrogens with one attached hydrogen (secondary N) is 1. The Balaban J connectivity index is 2.03. The molecule has 0 aliphatic heterocycles. The molecule has 1 aromatic carbocycles. The Hall–Kier alpha value is -2.20. The van der Waals surface area contributed by atoms with Crippen LogP contribution in [0.1, 0.15) is 19.4 Å². The van der Waals surface area contributed by atoms with Crippen molar-refractivity contribution in [3.05, 3.63) is 29.8 Å². The molecule has 1 aromatic heterocycles. The van der Waals surface area contributed by atoms with Gasteiger partial charge in [-0.2, -0.15) is 8.78 Å². The Morgan fingerprint density at radius 2 is 2.15 bits per heavy atom. The zero-order chi connectivity index (χ0) is 18.9. The highest BCUT2D eigenvalue weighted by molar-refractivity contribution is 8.01. The fourth-order valence-corrected chi connectivity index (χ4v) is 3.50. The van der Waals surface area contributed by atoms with Gasteiger partial charge in [0.05, 0.1) is 6.61 Å². The van der Waals surface area contributed by atoms with Crippen molar-refractivity contribution in [1.82, 2.24) is 10.2 Å². The largest absolute Gasteiger partial charge is 0.490 e. The molecule has 0 bridgehead atoms. The van der Waals surface area contributed by atoms with Crippen LogP contribution in [0.25, 0.3) is 6.08 Å². The summed E-state index contributed by atoms with van der Waals surface area (Å²) >= 11 is 2.83. The maximum Gasteiger partial charge on any atom is 0.387 e. The highest BCUT2D eigenvalue weighted by atomic mass is 32.2. The first-order valence-electron chi connectivity index (χ1n) is 7.68. The Morgan fingerprint density at radius 1 is 1.35 bits per heavy atom. The number of nitrogens with zero attached hydrogens (tertiary/aromatic N) is 2. The van der Waals surface area contributed by atoms with E-state index in [1.807, 2.05) is 6.92 Å². The summed E-state index contributed by atoms with van der Waals surface area (Å²) in [6, 6.07) is 4.44. The van der Waals surface area contributed by atoms with Gasteiger partial charge in [-0.3, -0.25) is 10.1 Å². The van der Waals surface area contributed by atoms with E-state index in [-0.39, 0.29) is 17.4 Å². The van der Waals surface area contributed by atoms with E-state index in [0.717, 1.165) is 10.1 Å². The Morgan fingerprint density at radius 3 is 2.85 bits per heavy atom. The number of ether oxygens (including phenoxy) is 2. The van der Waals surface area contributed by atoms with Crippen molar-refractivity contribution in [2.24, 2.45) is 0 Å². The van der Waals surface area contributed by atoms with Gasteiger partial charge in [0, 0.05) is 6.08 Å². The van der Waals surface area contributed by atoms with Gasteiger partial charge in [-0.15, -0.1) is 10.2 Å². The molecule has 1 amide bonds. The lowest BCUT2D eigenvalue weighted by atomic mass is 10.2. The van der Waals surface area contributed by atoms with Crippen molar-refractivity contribution in [2.75, 3.05) is 17.7 Å². The number of rotatable bonds is 9. The zero-order valence-corrected chi connectivity index (χ0v) is 15.7. The number of hydrogen-bond acceptors (Lipinski definition) is 7. The number of alkyl halides is 2. The van der Waals surface area contributed by atoms with Crippen molar-refractivity contribution in [3.8, 4) is 11.5 Å². The molecule has 0 spiro atoms. The molecule has 0 atom stereocenters. The van der Waals surface area contributed by atoms with E-state index in [1.54, 1.807) is 24.8 Å². The van der Waals surface area contributed by atoms with Crippen LogP contribution < -0.4 is 14.8 Å². The van der Waals surface area contributed by atoms with Gasteiger partial charge in [-0.25, -0.2) is 0 Å². The van der Waals surface area contributed by atoms with Crippen LogP contribution in [-0.2, 0) is 4.79 Å². The number of halogens is 2. The van der Waals surface area contributed by atoms with Crippen molar-refractivity contribution in [1.29, 1.82) is 0 Å².